The summed E-state index contributed by atoms with van der Waals surface area (Å²) in [7, 11) is 0. The van der Waals surface area contributed by atoms with Gasteiger partial charge in [0.1, 0.15) is 11.3 Å². The summed E-state index contributed by atoms with van der Waals surface area (Å²) in [5, 5.41) is 1.45. The second-order valence-corrected chi connectivity index (χ2v) is 3.96. The smallest absolute Gasteiger partial charge is 0.261 e. The number of hydrogen-bond donors (Lipinski definition) is 1. The fraction of sp³-hybridized carbons (Fsp3) is 0.200. The van der Waals surface area contributed by atoms with Crippen LogP contribution < -0.4 is 5.73 Å². The van der Waals surface area contributed by atoms with Gasteiger partial charge < -0.3 is 10.2 Å². The maximum absolute atomic E-state index is 5.68. The van der Waals surface area contributed by atoms with Crippen molar-refractivity contribution in [3.63, 3.8) is 0 Å². The number of aromatic nitrogens is 2. The molecule has 0 bridgehead atoms. The van der Waals surface area contributed by atoms with Crippen molar-refractivity contribution in [1.29, 1.82) is 0 Å². The minimum atomic E-state index is 0.475. The Hall–Kier alpha value is -1.33. The van der Waals surface area contributed by atoms with Crippen LogP contribution in [0.5, 0.6) is 0 Å². The van der Waals surface area contributed by atoms with E-state index in [9.17, 15) is 0 Å². The number of aryl methyl sites for hydroxylation is 1. The summed E-state index contributed by atoms with van der Waals surface area (Å²) in [5.74, 6) is 0. The van der Waals surface area contributed by atoms with Crippen molar-refractivity contribution >= 4 is 11.8 Å². The van der Waals surface area contributed by atoms with E-state index in [1.165, 1.54) is 11.8 Å². The first-order valence-corrected chi connectivity index (χ1v) is 5.35. The Balaban J connectivity index is 2.32. The number of pyridine rings is 1. The lowest BCUT2D eigenvalue weighted by Gasteiger charge is -2.06. The molecule has 0 saturated carbocycles. The largest absolute Gasteiger partial charge is 0.440 e. The zero-order valence-electron chi connectivity index (χ0n) is 8.30. The maximum atomic E-state index is 5.68. The molecule has 0 radical (unpaired) electrons. The van der Waals surface area contributed by atoms with Crippen LogP contribution in [0.1, 0.15) is 11.1 Å². The monoisotopic (exact) mass is 221 g/mol. The second kappa shape index (κ2) is 4.46. The summed E-state index contributed by atoms with van der Waals surface area (Å²) in [6, 6.07) is 1.95. The molecule has 2 heterocycles. The van der Waals surface area contributed by atoms with Crippen LogP contribution >= 0.6 is 11.8 Å². The van der Waals surface area contributed by atoms with E-state index in [1.54, 1.807) is 18.7 Å². The van der Waals surface area contributed by atoms with Crippen molar-refractivity contribution < 1.29 is 4.42 Å². The summed E-state index contributed by atoms with van der Waals surface area (Å²) in [5.41, 5.74) is 7.86. The second-order valence-electron chi connectivity index (χ2n) is 3.02. The molecule has 0 unspecified atom stereocenters. The average Bonchev–Trinajstić information content (AvgIpc) is 2.71. The lowest BCUT2D eigenvalue weighted by atomic mass is 10.2. The van der Waals surface area contributed by atoms with Crippen LogP contribution in [0.25, 0.3) is 0 Å². The SMILES string of the molecule is Cc1ccnc(Sc2ncco2)c1CN. The number of nitrogens with two attached hydrogens (primary N) is 1. The van der Waals surface area contributed by atoms with Crippen molar-refractivity contribution in [2.45, 2.75) is 23.7 Å². The van der Waals surface area contributed by atoms with E-state index in [-0.39, 0.29) is 0 Å². The van der Waals surface area contributed by atoms with E-state index < -0.39 is 0 Å². The molecule has 0 aromatic carbocycles. The number of nitrogens with zero attached hydrogens (tertiary/aromatic N) is 2. The van der Waals surface area contributed by atoms with Gasteiger partial charge in [-0.1, -0.05) is 0 Å². The van der Waals surface area contributed by atoms with Crippen LogP contribution in [-0.2, 0) is 6.54 Å². The predicted octanol–water partition coefficient (Wildman–Crippen LogP) is 1.99. The van der Waals surface area contributed by atoms with Crippen molar-refractivity contribution in [2.24, 2.45) is 5.73 Å². The van der Waals surface area contributed by atoms with Gasteiger partial charge in [-0.05, 0) is 30.3 Å². The summed E-state index contributed by atoms with van der Waals surface area (Å²) in [6.45, 7) is 2.49. The molecule has 0 saturated heterocycles. The Labute approximate surface area is 91.9 Å². The van der Waals surface area contributed by atoms with Crippen LogP contribution in [-0.4, -0.2) is 9.97 Å². The Kier molecular flexibility index (Phi) is 3.03. The molecule has 0 aliphatic heterocycles. The van der Waals surface area contributed by atoms with Crippen LogP contribution in [0.15, 0.2) is 39.4 Å². The highest BCUT2D eigenvalue weighted by Crippen LogP contribution is 2.28. The van der Waals surface area contributed by atoms with Crippen molar-refractivity contribution in [1.82, 2.24) is 9.97 Å². The molecule has 0 amide bonds. The highest BCUT2D eigenvalue weighted by Gasteiger charge is 2.09. The minimum Gasteiger partial charge on any atom is -0.440 e. The standard InChI is InChI=1S/C10H11N3OS/c1-7-2-3-12-9(8(7)6-11)15-10-13-4-5-14-10/h2-5H,6,11H2,1H3. The zero-order valence-corrected chi connectivity index (χ0v) is 9.12. The van der Waals surface area contributed by atoms with Gasteiger partial charge in [-0.3, -0.25) is 0 Å². The van der Waals surface area contributed by atoms with Crippen LogP contribution in [0, 0.1) is 6.92 Å². The van der Waals surface area contributed by atoms with Gasteiger partial charge in [-0.15, -0.1) is 0 Å². The quantitative estimate of drug-likeness (QED) is 0.858. The molecule has 2 aromatic heterocycles. The first-order chi connectivity index (χ1) is 7.31. The molecule has 0 spiro atoms. The van der Waals surface area contributed by atoms with E-state index in [1.807, 2.05) is 13.0 Å². The van der Waals surface area contributed by atoms with Gasteiger partial charge in [0.15, 0.2) is 0 Å². The van der Waals surface area contributed by atoms with Gasteiger partial charge >= 0.3 is 0 Å². The number of rotatable bonds is 3. The van der Waals surface area contributed by atoms with Gasteiger partial charge in [0.25, 0.3) is 5.22 Å². The van der Waals surface area contributed by atoms with Crippen LogP contribution in [0.4, 0.5) is 0 Å². The summed E-state index contributed by atoms with van der Waals surface area (Å²) >= 11 is 1.39. The Bertz CT molecular complexity index is 442. The normalized spacial score (nSPS) is 10.5. The fourth-order valence-electron chi connectivity index (χ4n) is 1.24. The molecule has 0 fully saturated rings. The van der Waals surface area contributed by atoms with Crippen LogP contribution in [0.3, 0.4) is 0 Å². The molecule has 0 atom stereocenters. The van der Waals surface area contributed by atoms with E-state index >= 15 is 0 Å². The molecular formula is C10H11N3OS. The minimum absolute atomic E-state index is 0.475. The molecule has 2 rings (SSSR count). The predicted molar refractivity (Wildman–Crippen MR) is 57.5 cm³/mol. The zero-order chi connectivity index (χ0) is 10.7. The highest BCUT2D eigenvalue weighted by molar-refractivity contribution is 7.99. The summed E-state index contributed by atoms with van der Waals surface area (Å²) in [4.78, 5) is 8.30. The lowest BCUT2D eigenvalue weighted by molar-refractivity contribution is 0.454. The molecule has 0 aliphatic carbocycles. The molecule has 4 nitrogen and oxygen atoms in total. The molecular weight excluding hydrogens is 210 g/mol. The van der Waals surface area contributed by atoms with Crippen molar-refractivity contribution in [3.05, 3.63) is 35.9 Å². The van der Waals surface area contributed by atoms with Gasteiger partial charge in [0.05, 0.1) is 6.20 Å². The van der Waals surface area contributed by atoms with Gasteiger partial charge in [-0.2, -0.15) is 0 Å². The van der Waals surface area contributed by atoms with Gasteiger partial charge in [0.2, 0.25) is 0 Å². The Morgan fingerprint density at radius 2 is 2.27 bits per heavy atom. The van der Waals surface area contributed by atoms with E-state index in [0.29, 0.717) is 11.8 Å². The first-order valence-electron chi connectivity index (χ1n) is 4.53. The highest BCUT2D eigenvalue weighted by atomic mass is 32.2. The van der Waals surface area contributed by atoms with Crippen LogP contribution in [0.2, 0.25) is 0 Å². The van der Waals surface area contributed by atoms with E-state index in [4.69, 9.17) is 10.2 Å². The first kappa shape index (κ1) is 10.2. The third-order valence-corrected chi connectivity index (χ3v) is 2.97. The topological polar surface area (TPSA) is 64.9 Å². The third-order valence-electron chi connectivity index (χ3n) is 2.05. The summed E-state index contributed by atoms with van der Waals surface area (Å²) in [6.07, 6.45) is 4.92. The third kappa shape index (κ3) is 2.19. The number of oxazole rings is 1. The van der Waals surface area contributed by atoms with Gasteiger partial charge in [-0.25, -0.2) is 9.97 Å². The molecule has 78 valence electrons. The average molecular weight is 221 g/mol. The van der Waals surface area contributed by atoms with Crippen molar-refractivity contribution in [3.8, 4) is 0 Å². The molecule has 5 heteroatoms. The van der Waals surface area contributed by atoms with Crippen molar-refractivity contribution in [2.75, 3.05) is 0 Å². The Morgan fingerprint density at radius 3 is 2.93 bits per heavy atom. The molecule has 2 N–H and O–H groups in total. The Morgan fingerprint density at radius 1 is 1.40 bits per heavy atom. The number of hydrogen-bond acceptors (Lipinski definition) is 5. The maximum Gasteiger partial charge on any atom is 0.261 e. The van der Waals surface area contributed by atoms with E-state index in [2.05, 4.69) is 9.97 Å². The molecule has 0 aliphatic rings. The van der Waals surface area contributed by atoms with E-state index in [0.717, 1.165) is 16.2 Å². The molecule has 15 heavy (non-hydrogen) atoms. The van der Waals surface area contributed by atoms with Gasteiger partial charge in [0, 0.05) is 18.3 Å². The lowest BCUT2D eigenvalue weighted by Crippen LogP contribution is -2.02. The summed E-state index contributed by atoms with van der Waals surface area (Å²) < 4.78 is 5.15. The molecule has 2 aromatic rings. The fourth-order valence-corrected chi connectivity index (χ4v) is 2.11.